The van der Waals surface area contributed by atoms with Crippen LogP contribution < -0.4 is 0 Å². The Balaban J connectivity index is 2.01. The molecule has 2 aromatic carbocycles. The lowest BCUT2D eigenvalue weighted by molar-refractivity contribution is -0.391. The Labute approximate surface area is 140 Å². The SMILES string of the molecule is O=C[C@H](CC(=O)O)N(OCc1ccccc1)OCc1ccccc1. The molecule has 0 saturated heterocycles. The molecule has 6 heteroatoms. The molecule has 1 N–H and O–H groups in total. The lowest BCUT2D eigenvalue weighted by atomic mass is 10.2. The van der Waals surface area contributed by atoms with Gasteiger partial charge in [-0.2, -0.15) is 0 Å². The maximum atomic E-state index is 11.2. The fourth-order valence-corrected chi connectivity index (χ4v) is 2.00. The molecule has 126 valence electrons. The van der Waals surface area contributed by atoms with Gasteiger partial charge in [-0.3, -0.25) is 14.5 Å². The first kappa shape index (κ1) is 17.8. The predicted octanol–water partition coefficient (Wildman–Crippen LogP) is 2.59. The van der Waals surface area contributed by atoms with E-state index in [1.165, 1.54) is 0 Å². The van der Waals surface area contributed by atoms with Crippen molar-refractivity contribution in [2.75, 3.05) is 0 Å². The molecule has 6 nitrogen and oxygen atoms in total. The average Bonchev–Trinajstić information content (AvgIpc) is 2.61. The Morgan fingerprint density at radius 3 is 1.79 bits per heavy atom. The topological polar surface area (TPSA) is 76.1 Å². The predicted molar refractivity (Wildman–Crippen MR) is 86.4 cm³/mol. The van der Waals surface area contributed by atoms with Crippen molar-refractivity contribution in [3.05, 3.63) is 71.8 Å². The lowest BCUT2D eigenvalue weighted by Gasteiger charge is -2.25. The highest BCUT2D eigenvalue weighted by Gasteiger charge is 2.23. The average molecular weight is 329 g/mol. The van der Waals surface area contributed by atoms with Gasteiger partial charge < -0.3 is 9.90 Å². The smallest absolute Gasteiger partial charge is 0.305 e. The number of carboxylic acid groups (broad SMARTS) is 1. The molecule has 1 atom stereocenters. The van der Waals surface area contributed by atoms with E-state index in [-0.39, 0.29) is 13.2 Å². The molecule has 0 radical (unpaired) electrons. The van der Waals surface area contributed by atoms with Gasteiger partial charge in [0, 0.05) is 0 Å². The summed E-state index contributed by atoms with van der Waals surface area (Å²) in [7, 11) is 0. The molecule has 0 unspecified atom stereocenters. The third kappa shape index (κ3) is 5.92. The van der Waals surface area contributed by atoms with Crippen LogP contribution in [0.15, 0.2) is 60.7 Å². The van der Waals surface area contributed by atoms with Crippen LogP contribution >= 0.6 is 0 Å². The minimum absolute atomic E-state index is 0.166. The van der Waals surface area contributed by atoms with Crippen molar-refractivity contribution in [2.45, 2.75) is 25.7 Å². The molecule has 0 aliphatic heterocycles. The summed E-state index contributed by atoms with van der Waals surface area (Å²) in [4.78, 5) is 33.2. The molecule has 24 heavy (non-hydrogen) atoms. The molecule has 0 aliphatic carbocycles. The van der Waals surface area contributed by atoms with Crippen molar-refractivity contribution in [3.63, 3.8) is 0 Å². The first-order valence-electron chi connectivity index (χ1n) is 7.49. The molecule has 0 saturated carbocycles. The van der Waals surface area contributed by atoms with Gasteiger partial charge in [0.05, 0.1) is 19.6 Å². The van der Waals surface area contributed by atoms with Crippen LogP contribution in [0, 0.1) is 0 Å². The van der Waals surface area contributed by atoms with E-state index < -0.39 is 18.4 Å². The second-order valence-electron chi connectivity index (χ2n) is 5.10. The number of carboxylic acids is 1. The summed E-state index contributed by atoms with van der Waals surface area (Å²) in [5.41, 5.74) is 1.76. The van der Waals surface area contributed by atoms with Crippen molar-refractivity contribution in [1.82, 2.24) is 5.23 Å². The van der Waals surface area contributed by atoms with Gasteiger partial charge in [0.15, 0.2) is 0 Å². The van der Waals surface area contributed by atoms with Crippen LogP contribution in [0.2, 0.25) is 0 Å². The van der Waals surface area contributed by atoms with Crippen LogP contribution in [-0.4, -0.2) is 28.6 Å². The van der Waals surface area contributed by atoms with Crippen molar-refractivity contribution >= 4 is 12.3 Å². The molecular weight excluding hydrogens is 310 g/mol. The van der Waals surface area contributed by atoms with Crippen molar-refractivity contribution < 1.29 is 24.4 Å². The van der Waals surface area contributed by atoms with E-state index in [2.05, 4.69) is 0 Å². The molecule has 0 heterocycles. The van der Waals surface area contributed by atoms with Gasteiger partial charge in [-0.15, -0.1) is 0 Å². The van der Waals surface area contributed by atoms with Crippen LogP contribution in [0.5, 0.6) is 0 Å². The number of hydrogen-bond donors (Lipinski definition) is 1. The number of hydroxylamine groups is 2. The first-order valence-corrected chi connectivity index (χ1v) is 7.49. The fraction of sp³-hybridized carbons (Fsp3) is 0.222. The molecular formula is C18H19NO5. The number of carbonyl (C=O) groups is 2. The molecule has 0 fully saturated rings. The molecule has 0 aliphatic rings. The van der Waals surface area contributed by atoms with E-state index >= 15 is 0 Å². The molecule has 0 spiro atoms. The van der Waals surface area contributed by atoms with Crippen LogP contribution in [0.4, 0.5) is 0 Å². The first-order chi connectivity index (χ1) is 11.7. The fourth-order valence-electron chi connectivity index (χ4n) is 2.00. The van der Waals surface area contributed by atoms with Crippen LogP contribution in [0.1, 0.15) is 17.5 Å². The molecule has 0 amide bonds. The second-order valence-corrected chi connectivity index (χ2v) is 5.10. The zero-order chi connectivity index (χ0) is 17.2. The van der Waals surface area contributed by atoms with Crippen LogP contribution in [0.3, 0.4) is 0 Å². The maximum Gasteiger partial charge on any atom is 0.305 e. The normalized spacial score (nSPS) is 12.0. The summed E-state index contributed by atoms with van der Waals surface area (Å²) in [6, 6.07) is 17.6. The number of aliphatic carboxylic acids is 1. The Morgan fingerprint density at radius 1 is 0.958 bits per heavy atom. The van der Waals surface area contributed by atoms with Crippen molar-refractivity contribution in [2.24, 2.45) is 0 Å². The van der Waals surface area contributed by atoms with Crippen LogP contribution in [0.25, 0.3) is 0 Å². The van der Waals surface area contributed by atoms with E-state index in [0.717, 1.165) is 16.4 Å². The molecule has 2 aromatic rings. The third-order valence-electron chi connectivity index (χ3n) is 3.21. The quantitative estimate of drug-likeness (QED) is 0.533. The zero-order valence-corrected chi connectivity index (χ0v) is 13.1. The van der Waals surface area contributed by atoms with Gasteiger partial charge in [0.2, 0.25) is 0 Å². The van der Waals surface area contributed by atoms with E-state index in [4.69, 9.17) is 14.8 Å². The van der Waals surface area contributed by atoms with E-state index in [1.54, 1.807) is 0 Å². The van der Waals surface area contributed by atoms with Gasteiger partial charge in [-0.25, -0.2) is 0 Å². The summed E-state index contributed by atoms with van der Waals surface area (Å²) >= 11 is 0. The van der Waals surface area contributed by atoms with Gasteiger partial charge in [-0.05, 0) is 11.1 Å². The Hall–Kier alpha value is -2.54. The van der Waals surface area contributed by atoms with Gasteiger partial charge in [-0.1, -0.05) is 65.9 Å². The van der Waals surface area contributed by atoms with E-state index in [1.807, 2.05) is 60.7 Å². The summed E-state index contributed by atoms with van der Waals surface area (Å²) in [6.07, 6.45) is 0.0944. The molecule has 0 aromatic heterocycles. The third-order valence-corrected chi connectivity index (χ3v) is 3.21. The summed E-state index contributed by atoms with van der Waals surface area (Å²) in [5.74, 6) is -1.11. The van der Waals surface area contributed by atoms with E-state index in [9.17, 15) is 9.59 Å². The Bertz CT molecular complexity index is 589. The summed E-state index contributed by atoms with van der Waals surface area (Å²) in [5, 5.41) is 9.91. The number of aldehydes is 1. The standard InChI is InChI=1S/C18H19NO5/c20-12-17(11-18(21)22)19(23-13-15-7-3-1-4-8-15)24-14-16-9-5-2-6-10-16/h1-10,12,17H,11,13-14H2,(H,21,22)/t17-/m0/s1. The highest BCUT2D eigenvalue weighted by molar-refractivity contribution is 5.73. The zero-order valence-electron chi connectivity index (χ0n) is 13.1. The van der Waals surface area contributed by atoms with E-state index in [0.29, 0.717) is 6.29 Å². The largest absolute Gasteiger partial charge is 0.481 e. The molecule has 2 rings (SSSR count). The Kier molecular flexibility index (Phi) is 7.10. The van der Waals surface area contributed by atoms with Crippen LogP contribution in [-0.2, 0) is 32.5 Å². The Morgan fingerprint density at radius 2 is 1.42 bits per heavy atom. The second kappa shape index (κ2) is 9.57. The van der Waals surface area contributed by atoms with Gasteiger partial charge in [0.25, 0.3) is 0 Å². The minimum atomic E-state index is -1.11. The number of carbonyl (C=O) groups excluding carboxylic acids is 1. The number of hydrogen-bond acceptors (Lipinski definition) is 5. The number of benzene rings is 2. The van der Waals surface area contributed by atoms with Gasteiger partial charge in [0.1, 0.15) is 12.3 Å². The maximum absolute atomic E-state index is 11.2. The molecule has 0 bridgehead atoms. The number of rotatable bonds is 10. The van der Waals surface area contributed by atoms with Crippen molar-refractivity contribution in [3.8, 4) is 0 Å². The summed E-state index contributed by atoms with van der Waals surface area (Å²) < 4.78 is 0. The van der Waals surface area contributed by atoms with Gasteiger partial charge >= 0.3 is 5.97 Å². The monoisotopic (exact) mass is 329 g/mol. The summed E-state index contributed by atoms with van der Waals surface area (Å²) in [6.45, 7) is 0.333. The highest BCUT2D eigenvalue weighted by Crippen LogP contribution is 2.11. The number of nitrogens with zero attached hydrogens (tertiary/aromatic N) is 1. The lowest BCUT2D eigenvalue weighted by Crippen LogP contribution is -2.38. The minimum Gasteiger partial charge on any atom is -0.481 e. The highest BCUT2D eigenvalue weighted by atomic mass is 16.9. The van der Waals surface area contributed by atoms with Crippen molar-refractivity contribution in [1.29, 1.82) is 0 Å².